The zero-order valence-electron chi connectivity index (χ0n) is 11.7. The average molecular weight is 252 g/mol. The molecule has 2 aromatic rings. The van der Waals surface area contributed by atoms with Gasteiger partial charge in [0.1, 0.15) is 5.75 Å². The van der Waals surface area contributed by atoms with E-state index in [2.05, 4.69) is 50.2 Å². The number of hydrogen-bond donors (Lipinski definition) is 0. The van der Waals surface area contributed by atoms with Crippen LogP contribution in [-0.2, 0) is 12.8 Å². The van der Waals surface area contributed by atoms with Gasteiger partial charge in [-0.1, -0.05) is 43.3 Å². The van der Waals surface area contributed by atoms with Gasteiger partial charge in [0.2, 0.25) is 0 Å². The maximum atomic E-state index is 5.96. The highest BCUT2D eigenvalue weighted by Crippen LogP contribution is 2.39. The maximum Gasteiger partial charge on any atom is 0.130 e. The van der Waals surface area contributed by atoms with Gasteiger partial charge in [0.05, 0.1) is 6.61 Å². The lowest BCUT2D eigenvalue weighted by Gasteiger charge is -2.22. The van der Waals surface area contributed by atoms with E-state index in [4.69, 9.17) is 4.74 Å². The highest BCUT2D eigenvalue weighted by molar-refractivity contribution is 5.77. The standard InChI is InChI=1S/C18H20O/c1-3-14-8-4-7-13(2)17(14)16-11-5-9-15-10-6-12-19-18(15)16/h4-5,7-9,11H,3,6,10,12H2,1-2H3. The van der Waals surface area contributed by atoms with E-state index in [0.29, 0.717) is 0 Å². The molecule has 19 heavy (non-hydrogen) atoms. The van der Waals surface area contributed by atoms with E-state index in [0.717, 1.165) is 31.6 Å². The van der Waals surface area contributed by atoms with Crippen LogP contribution in [0, 0.1) is 6.92 Å². The van der Waals surface area contributed by atoms with Crippen LogP contribution in [-0.4, -0.2) is 6.61 Å². The van der Waals surface area contributed by atoms with Crippen LogP contribution in [0.5, 0.6) is 5.75 Å². The second-order valence-electron chi connectivity index (χ2n) is 5.21. The Kier molecular flexibility index (Phi) is 3.29. The summed E-state index contributed by atoms with van der Waals surface area (Å²) < 4.78 is 5.96. The van der Waals surface area contributed by atoms with Crippen LogP contribution in [0.3, 0.4) is 0 Å². The number of aryl methyl sites for hydroxylation is 3. The fourth-order valence-electron chi connectivity index (χ4n) is 2.99. The van der Waals surface area contributed by atoms with Crippen molar-refractivity contribution >= 4 is 0 Å². The predicted molar refractivity (Wildman–Crippen MR) is 79.8 cm³/mol. The number of ether oxygens (including phenoxy) is 1. The van der Waals surface area contributed by atoms with E-state index < -0.39 is 0 Å². The zero-order chi connectivity index (χ0) is 13.2. The summed E-state index contributed by atoms with van der Waals surface area (Å²) in [5, 5.41) is 0. The van der Waals surface area contributed by atoms with Crippen molar-refractivity contribution in [1.82, 2.24) is 0 Å². The first-order valence-electron chi connectivity index (χ1n) is 7.15. The molecule has 3 rings (SSSR count). The van der Waals surface area contributed by atoms with Gasteiger partial charge in [-0.15, -0.1) is 0 Å². The van der Waals surface area contributed by atoms with Crippen molar-refractivity contribution in [2.45, 2.75) is 33.1 Å². The summed E-state index contributed by atoms with van der Waals surface area (Å²) in [6, 6.07) is 13.1. The summed E-state index contributed by atoms with van der Waals surface area (Å²) in [5.41, 5.74) is 6.73. The number of benzene rings is 2. The highest BCUT2D eigenvalue weighted by Gasteiger charge is 2.18. The van der Waals surface area contributed by atoms with Gasteiger partial charge in [-0.05, 0) is 48.4 Å². The minimum Gasteiger partial charge on any atom is -0.493 e. The van der Waals surface area contributed by atoms with Crippen molar-refractivity contribution in [1.29, 1.82) is 0 Å². The van der Waals surface area contributed by atoms with Gasteiger partial charge >= 0.3 is 0 Å². The van der Waals surface area contributed by atoms with E-state index in [9.17, 15) is 0 Å². The SMILES string of the molecule is CCc1cccc(C)c1-c1cccc2c1OCCC2. The van der Waals surface area contributed by atoms with Crippen LogP contribution in [0.25, 0.3) is 11.1 Å². The molecule has 0 saturated carbocycles. The quantitative estimate of drug-likeness (QED) is 0.762. The lowest BCUT2D eigenvalue weighted by atomic mass is 9.90. The molecule has 0 fully saturated rings. The van der Waals surface area contributed by atoms with Gasteiger partial charge in [0.25, 0.3) is 0 Å². The van der Waals surface area contributed by atoms with E-state index in [-0.39, 0.29) is 0 Å². The van der Waals surface area contributed by atoms with Gasteiger partial charge in [-0.25, -0.2) is 0 Å². The second kappa shape index (κ2) is 5.08. The van der Waals surface area contributed by atoms with E-state index in [1.807, 2.05) is 0 Å². The molecular formula is C18H20O. The molecule has 0 spiro atoms. The minimum absolute atomic E-state index is 0.845. The lowest BCUT2D eigenvalue weighted by molar-refractivity contribution is 0.289. The van der Waals surface area contributed by atoms with Crippen molar-refractivity contribution < 1.29 is 4.74 Å². The molecule has 1 heterocycles. The van der Waals surface area contributed by atoms with Crippen LogP contribution in [0.4, 0.5) is 0 Å². The third-order valence-electron chi connectivity index (χ3n) is 3.94. The zero-order valence-corrected chi connectivity index (χ0v) is 11.7. The Balaban J connectivity index is 2.23. The molecule has 1 nitrogen and oxygen atoms in total. The Morgan fingerprint density at radius 3 is 2.79 bits per heavy atom. The maximum absolute atomic E-state index is 5.96. The molecule has 0 radical (unpaired) electrons. The molecule has 0 aliphatic carbocycles. The fourth-order valence-corrected chi connectivity index (χ4v) is 2.99. The summed E-state index contributed by atoms with van der Waals surface area (Å²) in [6.45, 7) is 5.25. The molecule has 0 N–H and O–H groups in total. The first-order chi connectivity index (χ1) is 9.31. The molecule has 0 atom stereocenters. The molecule has 0 unspecified atom stereocenters. The molecule has 0 bridgehead atoms. The van der Waals surface area contributed by atoms with Crippen molar-refractivity contribution in [3.05, 3.63) is 53.1 Å². The Labute approximate surface area is 115 Å². The summed E-state index contributed by atoms with van der Waals surface area (Å²) >= 11 is 0. The Morgan fingerprint density at radius 2 is 1.95 bits per heavy atom. The van der Waals surface area contributed by atoms with Gasteiger partial charge in [0.15, 0.2) is 0 Å². The van der Waals surface area contributed by atoms with E-state index in [1.54, 1.807) is 0 Å². The summed E-state index contributed by atoms with van der Waals surface area (Å²) in [4.78, 5) is 0. The van der Waals surface area contributed by atoms with E-state index in [1.165, 1.54) is 27.8 Å². The average Bonchev–Trinajstić information content (AvgIpc) is 2.46. The van der Waals surface area contributed by atoms with Crippen molar-refractivity contribution in [3.63, 3.8) is 0 Å². The van der Waals surface area contributed by atoms with Crippen LogP contribution in [0.2, 0.25) is 0 Å². The molecule has 1 aliphatic heterocycles. The monoisotopic (exact) mass is 252 g/mol. The molecule has 0 aromatic heterocycles. The highest BCUT2D eigenvalue weighted by atomic mass is 16.5. The first kappa shape index (κ1) is 12.3. The lowest BCUT2D eigenvalue weighted by Crippen LogP contribution is -2.09. The number of rotatable bonds is 2. The summed E-state index contributed by atoms with van der Waals surface area (Å²) in [5.74, 6) is 1.11. The Bertz CT molecular complexity index is 599. The van der Waals surface area contributed by atoms with Crippen molar-refractivity contribution in [2.75, 3.05) is 6.61 Å². The van der Waals surface area contributed by atoms with E-state index >= 15 is 0 Å². The molecule has 0 amide bonds. The molecule has 1 aliphatic rings. The normalized spacial score (nSPS) is 13.8. The molecule has 98 valence electrons. The number of para-hydroxylation sites is 1. The van der Waals surface area contributed by atoms with Crippen molar-refractivity contribution in [2.24, 2.45) is 0 Å². The fraction of sp³-hybridized carbons (Fsp3) is 0.333. The topological polar surface area (TPSA) is 9.23 Å². The second-order valence-corrected chi connectivity index (χ2v) is 5.21. The first-order valence-corrected chi connectivity index (χ1v) is 7.15. The smallest absolute Gasteiger partial charge is 0.130 e. The van der Waals surface area contributed by atoms with Crippen LogP contribution in [0.15, 0.2) is 36.4 Å². The molecular weight excluding hydrogens is 232 g/mol. The van der Waals surface area contributed by atoms with Gasteiger partial charge in [-0.3, -0.25) is 0 Å². The number of hydrogen-bond acceptors (Lipinski definition) is 1. The van der Waals surface area contributed by atoms with Crippen molar-refractivity contribution in [3.8, 4) is 16.9 Å². The van der Waals surface area contributed by atoms with Crippen LogP contribution < -0.4 is 4.74 Å². The summed E-state index contributed by atoms with van der Waals surface area (Å²) in [6.07, 6.45) is 3.32. The Hall–Kier alpha value is -1.76. The third-order valence-corrected chi connectivity index (χ3v) is 3.94. The van der Waals surface area contributed by atoms with Crippen LogP contribution in [0.1, 0.15) is 30.0 Å². The summed E-state index contributed by atoms with van der Waals surface area (Å²) in [7, 11) is 0. The van der Waals surface area contributed by atoms with Gasteiger partial charge in [0, 0.05) is 5.56 Å². The minimum atomic E-state index is 0.845. The van der Waals surface area contributed by atoms with Crippen LogP contribution >= 0.6 is 0 Å². The number of fused-ring (bicyclic) bond motifs is 1. The van der Waals surface area contributed by atoms with Gasteiger partial charge in [-0.2, -0.15) is 0 Å². The third kappa shape index (κ3) is 2.14. The Morgan fingerprint density at radius 1 is 1.11 bits per heavy atom. The molecule has 2 aromatic carbocycles. The molecule has 1 heteroatoms. The van der Waals surface area contributed by atoms with Gasteiger partial charge < -0.3 is 4.74 Å². The predicted octanol–water partition coefficient (Wildman–Crippen LogP) is 4.55. The molecule has 0 saturated heterocycles. The largest absolute Gasteiger partial charge is 0.493 e.